The van der Waals surface area contributed by atoms with Gasteiger partial charge in [0.1, 0.15) is 11.5 Å². The molecule has 0 aliphatic heterocycles. The fourth-order valence-electron chi connectivity index (χ4n) is 7.12. The standard InChI is InChI=1S/C39H28N4/c1-39(2)32-15-7-6-13-28(32)30-24-36-31(23-33(30)39)29-14-10-22-40-38(29)43(36)27-20-18-25(19-21-27)37-41-34-16-8-9-17-35(34)42(37)26-11-4-3-5-12-26/h3-24H,1-2H3. The lowest BCUT2D eigenvalue weighted by molar-refractivity contribution is 0.661. The van der Waals surface area contributed by atoms with E-state index in [9.17, 15) is 0 Å². The van der Waals surface area contributed by atoms with Crippen LogP contribution >= 0.6 is 0 Å². The van der Waals surface area contributed by atoms with Crippen molar-refractivity contribution in [3.05, 3.63) is 145 Å². The van der Waals surface area contributed by atoms with E-state index in [-0.39, 0.29) is 5.41 Å². The van der Waals surface area contributed by atoms with E-state index in [2.05, 4.69) is 132 Å². The molecule has 0 atom stereocenters. The number of pyridine rings is 1. The second-order valence-electron chi connectivity index (χ2n) is 11.9. The van der Waals surface area contributed by atoms with E-state index in [4.69, 9.17) is 9.97 Å². The largest absolute Gasteiger partial charge is 0.294 e. The maximum atomic E-state index is 5.07. The van der Waals surface area contributed by atoms with Crippen LogP contribution in [0.15, 0.2) is 134 Å². The molecule has 9 rings (SSSR count). The van der Waals surface area contributed by atoms with Gasteiger partial charge in [0, 0.05) is 39.3 Å². The van der Waals surface area contributed by atoms with Gasteiger partial charge in [0.15, 0.2) is 0 Å². The van der Waals surface area contributed by atoms with E-state index in [0.717, 1.165) is 39.4 Å². The molecule has 0 amide bonds. The quantitative estimate of drug-likeness (QED) is 0.219. The molecule has 4 nitrogen and oxygen atoms in total. The van der Waals surface area contributed by atoms with Crippen LogP contribution < -0.4 is 0 Å². The van der Waals surface area contributed by atoms with Crippen LogP contribution in [0, 0.1) is 0 Å². The molecule has 43 heavy (non-hydrogen) atoms. The highest BCUT2D eigenvalue weighted by atomic mass is 15.1. The van der Waals surface area contributed by atoms with Crippen LogP contribution in [-0.2, 0) is 5.41 Å². The Morgan fingerprint density at radius 3 is 2.16 bits per heavy atom. The van der Waals surface area contributed by atoms with Crippen molar-refractivity contribution >= 4 is 33.0 Å². The van der Waals surface area contributed by atoms with E-state index in [1.165, 1.54) is 38.5 Å². The SMILES string of the molecule is CC1(C)c2ccccc2-c2cc3c(cc21)c1cccnc1n3-c1ccc(-c2nc3ccccc3n2-c2ccccc2)cc1. The zero-order chi connectivity index (χ0) is 28.7. The van der Waals surface area contributed by atoms with Crippen molar-refractivity contribution in [3.63, 3.8) is 0 Å². The lowest BCUT2D eigenvalue weighted by Gasteiger charge is -2.21. The molecule has 0 unspecified atom stereocenters. The van der Waals surface area contributed by atoms with Gasteiger partial charge in [-0.2, -0.15) is 0 Å². The minimum absolute atomic E-state index is 0.0530. The summed E-state index contributed by atoms with van der Waals surface area (Å²) in [5, 5.41) is 2.40. The molecule has 1 aliphatic carbocycles. The monoisotopic (exact) mass is 552 g/mol. The molecule has 0 N–H and O–H groups in total. The van der Waals surface area contributed by atoms with Gasteiger partial charge in [0.25, 0.3) is 0 Å². The summed E-state index contributed by atoms with van der Waals surface area (Å²) >= 11 is 0. The number of aromatic nitrogens is 4. The van der Waals surface area contributed by atoms with Gasteiger partial charge in [0.2, 0.25) is 0 Å². The Hall–Kier alpha value is -5.48. The van der Waals surface area contributed by atoms with Crippen molar-refractivity contribution < 1.29 is 0 Å². The number of nitrogens with zero attached hydrogens (tertiary/aromatic N) is 4. The third-order valence-corrected chi connectivity index (χ3v) is 9.19. The molecular formula is C39H28N4. The third kappa shape index (κ3) is 3.38. The molecule has 0 spiro atoms. The molecule has 8 aromatic rings. The average molecular weight is 553 g/mol. The Kier molecular flexibility index (Phi) is 4.92. The van der Waals surface area contributed by atoms with Crippen LogP contribution in [0.2, 0.25) is 0 Å². The minimum atomic E-state index is -0.0530. The molecule has 5 aromatic carbocycles. The summed E-state index contributed by atoms with van der Waals surface area (Å²) in [6.45, 7) is 4.67. The van der Waals surface area contributed by atoms with E-state index in [0.29, 0.717) is 0 Å². The lowest BCUT2D eigenvalue weighted by Crippen LogP contribution is -2.14. The van der Waals surface area contributed by atoms with Gasteiger partial charge in [-0.1, -0.05) is 68.4 Å². The van der Waals surface area contributed by atoms with Crippen LogP contribution in [0.5, 0.6) is 0 Å². The summed E-state index contributed by atoms with van der Waals surface area (Å²) in [7, 11) is 0. The maximum Gasteiger partial charge on any atom is 0.145 e. The summed E-state index contributed by atoms with van der Waals surface area (Å²) in [4.78, 5) is 9.96. The molecule has 0 radical (unpaired) electrons. The first kappa shape index (κ1) is 24.2. The number of para-hydroxylation sites is 3. The van der Waals surface area contributed by atoms with E-state index in [1.54, 1.807) is 0 Å². The topological polar surface area (TPSA) is 35.6 Å². The first-order chi connectivity index (χ1) is 21.1. The Labute approximate surface area is 249 Å². The molecule has 204 valence electrons. The van der Waals surface area contributed by atoms with Gasteiger partial charge in [-0.25, -0.2) is 9.97 Å². The highest BCUT2D eigenvalue weighted by molar-refractivity contribution is 6.10. The normalized spacial score (nSPS) is 13.5. The zero-order valence-corrected chi connectivity index (χ0v) is 24.0. The molecule has 3 aromatic heterocycles. The number of benzene rings is 5. The van der Waals surface area contributed by atoms with E-state index < -0.39 is 0 Å². The highest BCUT2D eigenvalue weighted by Crippen LogP contribution is 2.50. The van der Waals surface area contributed by atoms with Crippen LogP contribution in [-0.4, -0.2) is 19.1 Å². The lowest BCUT2D eigenvalue weighted by atomic mass is 9.82. The Morgan fingerprint density at radius 1 is 0.558 bits per heavy atom. The van der Waals surface area contributed by atoms with Crippen LogP contribution in [0.1, 0.15) is 25.0 Å². The fourth-order valence-corrected chi connectivity index (χ4v) is 7.12. The molecule has 0 bridgehead atoms. The third-order valence-electron chi connectivity index (χ3n) is 9.19. The van der Waals surface area contributed by atoms with Crippen molar-refractivity contribution in [2.45, 2.75) is 19.3 Å². The molecule has 0 saturated carbocycles. The number of hydrogen-bond donors (Lipinski definition) is 0. The zero-order valence-electron chi connectivity index (χ0n) is 24.0. The highest BCUT2D eigenvalue weighted by Gasteiger charge is 2.36. The van der Waals surface area contributed by atoms with Crippen molar-refractivity contribution in [1.82, 2.24) is 19.1 Å². The molecular weight excluding hydrogens is 524 g/mol. The number of fused-ring (bicyclic) bond motifs is 7. The average Bonchev–Trinajstić information content (AvgIpc) is 3.67. The van der Waals surface area contributed by atoms with Gasteiger partial charge in [-0.05, 0) is 95.1 Å². The predicted octanol–water partition coefficient (Wildman–Crippen LogP) is 9.49. The summed E-state index contributed by atoms with van der Waals surface area (Å²) in [6.07, 6.45) is 1.89. The Morgan fingerprint density at radius 2 is 1.30 bits per heavy atom. The Balaban J connectivity index is 1.25. The predicted molar refractivity (Wildman–Crippen MR) is 176 cm³/mol. The summed E-state index contributed by atoms with van der Waals surface area (Å²) in [5.74, 6) is 0.927. The smallest absolute Gasteiger partial charge is 0.145 e. The van der Waals surface area contributed by atoms with Crippen LogP contribution in [0.25, 0.3) is 66.9 Å². The van der Waals surface area contributed by atoms with Gasteiger partial charge in [0.05, 0.1) is 16.6 Å². The number of hydrogen-bond acceptors (Lipinski definition) is 2. The van der Waals surface area contributed by atoms with Gasteiger partial charge in [-0.3, -0.25) is 9.13 Å². The van der Waals surface area contributed by atoms with Crippen molar-refractivity contribution in [2.75, 3.05) is 0 Å². The van der Waals surface area contributed by atoms with Crippen LogP contribution in [0.3, 0.4) is 0 Å². The molecule has 4 heteroatoms. The molecule has 0 saturated heterocycles. The summed E-state index contributed by atoms with van der Waals surface area (Å²) in [6, 6.07) is 45.4. The first-order valence-corrected chi connectivity index (χ1v) is 14.8. The van der Waals surface area contributed by atoms with Crippen molar-refractivity contribution in [3.8, 4) is 33.9 Å². The second kappa shape index (κ2) is 8.76. The summed E-state index contributed by atoms with van der Waals surface area (Å²) in [5.41, 5.74) is 12.8. The molecule has 1 aliphatic rings. The van der Waals surface area contributed by atoms with Crippen molar-refractivity contribution in [2.24, 2.45) is 0 Å². The minimum Gasteiger partial charge on any atom is -0.294 e. The summed E-state index contributed by atoms with van der Waals surface area (Å²) < 4.78 is 4.55. The maximum absolute atomic E-state index is 5.07. The van der Waals surface area contributed by atoms with Gasteiger partial charge >= 0.3 is 0 Å². The Bertz CT molecular complexity index is 2360. The van der Waals surface area contributed by atoms with Crippen molar-refractivity contribution in [1.29, 1.82) is 0 Å². The molecule has 3 heterocycles. The van der Waals surface area contributed by atoms with E-state index >= 15 is 0 Å². The van der Waals surface area contributed by atoms with Crippen LogP contribution in [0.4, 0.5) is 0 Å². The second-order valence-corrected chi connectivity index (χ2v) is 11.9. The molecule has 0 fully saturated rings. The van der Waals surface area contributed by atoms with Gasteiger partial charge < -0.3 is 0 Å². The van der Waals surface area contributed by atoms with E-state index in [1.807, 2.05) is 24.4 Å². The van der Waals surface area contributed by atoms with Gasteiger partial charge in [-0.15, -0.1) is 0 Å². The number of imidazole rings is 1. The fraction of sp³-hybridized carbons (Fsp3) is 0.0769. The number of rotatable bonds is 3. The first-order valence-electron chi connectivity index (χ1n) is 14.8.